The van der Waals surface area contributed by atoms with Gasteiger partial charge in [0.05, 0.1) is 10.5 Å². The van der Waals surface area contributed by atoms with Crippen molar-refractivity contribution in [3.63, 3.8) is 0 Å². The second-order valence-electron chi connectivity index (χ2n) is 8.29. The van der Waals surface area contributed by atoms with E-state index in [-0.39, 0.29) is 22.8 Å². The van der Waals surface area contributed by atoms with E-state index in [1.54, 1.807) is 12.1 Å². The zero-order chi connectivity index (χ0) is 20.6. The molecule has 0 aromatic heterocycles. The molecule has 1 saturated carbocycles. The monoisotopic (exact) mass is 413 g/mol. The maximum absolute atomic E-state index is 13.3. The first kappa shape index (κ1) is 20.1. The molecule has 1 N–H and O–H groups in total. The van der Waals surface area contributed by atoms with Gasteiger partial charge in [0.25, 0.3) is 5.91 Å². The average Bonchev–Trinajstić information content (AvgIpc) is 2.74. The van der Waals surface area contributed by atoms with E-state index < -0.39 is 15.4 Å². The Kier molecular flexibility index (Phi) is 5.25. The molecule has 0 bridgehead atoms. The lowest BCUT2D eigenvalue weighted by molar-refractivity contribution is -0.110. The lowest BCUT2D eigenvalue weighted by atomic mass is 9.66. The van der Waals surface area contributed by atoms with Crippen molar-refractivity contribution >= 4 is 15.7 Å². The molecular weight excluding hydrogens is 386 g/mol. The Bertz CT molecular complexity index is 987. The van der Waals surface area contributed by atoms with Crippen LogP contribution in [0.5, 0.6) is 0 Å². The highest BCUT2D eigenvalue weighted by Crippen LogP contribution is 2.47. The molecule has 2 aromatic carbocycles. The number of likely N-dealkylation sites (tertiary alicyclic amines) is 1. The largest absolute Gasteiger partial charge is 0.385 e. The summed E-state index contributed by atoms with van der Waals surface area (Å²) in [6.07, 6.45) is 5.54. The molecule has 1 unspecified atom stereocenters. The highest BCUT2D eigenvalue weighted by Gasteiger charge is 2.50. The summed E-state index contributed by atoms with van der Waals surface area (Å²) in [5, 5.41) is 11.6. The van der Waals surface area contributed by atoms with E-state index in [1.165, 1.54) is 12.1 Å². The van der Waals surface area contributed by atoms with Gasteiger partial charge in [0, 0.05) is 30.3 Å². The minimum atomic E-state index is -3.29. The molecule has 1 aliphatic carbocycles. The van der Waals surface area contributed by atoms with E-state index in [0.717, 1.165) is 37.5 Å². The number of amides is 1. The maximum Gasteiger partial charge on any atom is 0.254 e. The third-order valence-corrected chi connectivity index (χ3v) is 7.67. The predicted octanol–water partition coefficient (Wildman–Crippen LogP) is 3.38. The molecule has 1 amide bonds. The maximum atomic E-state index is 13.3. The smallest absolute Gasteiger partial charge is 0.254 e. The van der Waals surface area contributed by atoms with Crippen LogP contribution in [0.3, 0.4) is 0 Å². The number of benzene rings is 2. The van der Waals surface area contributed by atoms with Crippen molar-refractivity contribution in [3.8, 4) is 0 Å². The van der Waals surface area contributed by atoms with Crippen LogP contribution in [0.25, 0.3) is 0 Å². The van der Waals surface area contributed by atoms with Crippen LogP contribution in [-0.4, -0.2) is 43.2 Å². The van der Waals surface area contributed by atoms with Gasteiger partial charge in [0.15, 0.2) is 9.84 Å². The van der Waals surface area contributed by atoms with E-state index in [0.29, 0.717) is 18.5 Å². The van der Waals surface area contributed by atoms with Crippen molar-refractivity contribution in [2.45, 2.75) is 48.6 Å². The van der Waals surface area contributed by atoms with Crippen molar-refractivity contribution in [1.29, 1.82) is 0 Å². The van der Waals surface area contributed by atoms with Crippen LogP contribution in [0.1, 0.15) is 48.0 Å². The van der Waals surface area contributed by atoms with Crippen LogP contribution in [0.15, 0.2) is 59.5 Å². The molecular formula is C23H27NO4S. The van der Waals surface area contributed by atoms with Crippen LogP contribution >= 0.6 is 0 Å². The van der Waals surface area contributed by atoms with Gasteiger partial charge in [-0.3, -0.25) is 4.79 Å². The lowest BCUT2D eigenvalue weighted by Crippen LogP contribution is -2.58. The van der Waals surface area contributed by atoms with Crippen molar-refractivity contribution in [3.05, 3.63) is 65.7 Å². The van der Waals surface area contributed by atoms with Gasteiger partial charge in [-0.25, -0.2) is 8.42 Å². The topological polar surface area (TPSA) is 74.7 Å². The molecule has 0 spiro atoms. The van der Waals surface area contributed by atoms with Gasteiger partial charge in [-0.2, -0.15) is 0 Å². The minimum absolute atomic E-state index is 0.00615. The SMILES string of the molecule is CS(=O)(=O)c1ccc(C(=O)N2CCC(O)(c3ccccc3)[C@H]3CCCC[C@H]32)cc1. The fraction of sp³-hybridized carbons (Fsp3) is 0.435. The number of piperidine rings is 1. The summed E-state index contributed by atoms with van der Waals surface area (Å²) in [6.45, 7) is 0.485. The molecule has 5 nitrogen and oxygen atoms in total. The Balaban J connectivity index is 1.62. The van der Waals surface area contributed by atoms with E-state index >= 15 is 0 Å². The summed E-state index contributed by atoms with van der Waals surface area (Å²) in [5.41, 5.74) is 0.511. The van der Waals surface area contributed by atoms with E-state index in [9.17, 15) is 18.3 Å². The molecule has 1 heterocycles. The molecule has 4 rings (SSSR count). The van der Waals surface area contributed by atoms with Gasteiger partial charge < -0.3 is 10.0 Å². The molecule has 1 aliphatic heterocycles. The Morgan fingerprint density at radius 2 is 1.69 bits per heavy atom. The molecule has 6 heteroatoms. The zero-order valence-corrected chi connectivity index (χ0v) is 17.4. The van der Waals surface area contributed by atoms with Gasteiger partial charge in [-0.05, 0) is 49.1 Å². The van der Waals surface area contributed by atoms with Crippen molar-refractivity contribution < 1.29 is 18.3 Å². The predicted molar refractivity (Wildman–Crippen MR) is 111 cm³/mol. The molecule has 1 saturated heterocycles. The van der Waals surface area contributed by atoms with Crippen LogP contribution < -0.4 is 0 Å². The normalized spacial score (nSPS) is 27.3. The number of aliphatic hydroxyl groups is 1. The Hall–Kier alpha value is -2.18. The Morgan fingerprint density at radius 1 is 1.03 bits per heavy atom. The minimum Gasteiger partial charge on any atom is -0.385 e. The molecule has 2 fully saturated rings. The molecule has 0 radical (unpaired) electrons. The van der Waals surface area contributed by atoms with Gasteiger partial charge in [-0.1, -0.05) is 43.2 Å². The summed E-state index contributed by atoms with van der Waals surface area (Å²) in [4.78, 5) is 15.4. The lowest BCUT2D eigenvalue weighted by Gasteiger charge is -2.52. The Morgan fingerprint density at radius 3 is 2.34 bits per heavy atom. The highest BCUT2D eigenvalue weighted by atomic mass is 32.2. The molecule has 3 atom stereocenters. The van der Waals surface area contributed by atoms with Gasteiger partial charge in [0.1, 0.15) is 0 Å². The first-order chi connectivity index (χ1) is 13.8. The van der Waals surface area contributed by atoms with Crippen LogP contribution in [0.4, 0.5) is 0 Å². The number of carbonyl (C=O) groups is 1. The molecule has 2 aromatic rings. The highest BCUT2D eigenvalue weighted by molar-refractivity contribution is 7.90. The average molecular weight is 414 g/mol. The van der Waals surface area contributed by atoms with Crippen molar-refractivity contribution in [1.82, 2.24) is 4.90 Å². The van der Waals surface area contributed by atoms with Crippen LogP contribution in [-0.2, 0) is 15.4 Å². The van der Waals surface area contributed by atoms with Gasteiger partial charge >= 0.3 is 0 Å². The van der Waals surface area contributed by atoms with Crippen LogP contribution in [0, 0.1) is 5.92 Å². The van der Waals surface area contributed by atoms with Gasteiger partial charge in [0.2, 0.25) is 0 Å². The number of sulfone groups is 1. The number of rotatable bonds is 3. The summed E-state index contributed by atoms with van der Waals surface area (Å²) >= 11 is 0. The third-order valence-electron chi connectivity index (χ3n) is 6.54. The second-order valence-corrected chi connectivity index (χ2v) is 10.3. The van der Waals surface area contributed by atoms with E-state index in [2.05, 4.69) is 0 Å². The number of hydrogen-bond acceptors (Lipinski definition) is 4. The standard InChI is InChI=1S/C23H27NO4S/c1-29(27,28)19-13-11-17(12-14-19)22(25)24-16-15-23(26,18-7-3-2-4-8-18)20-9-5-6-10-21(20)24/h2-4,7-8,11-14,20-21,26H,5-6,9-10,15-16H2,1H3/t20-,21+,23?/m0/s1. The number of nitrogens with zero attached hydrogens (tertiary/aromatic N) is 1. The summed E-state index contributed by atoms with van der Waals surface area (Å²) in [7, 11) is -3.29. The van der Waals surface area contributed by atoms with E-state index in [4.69, 9.17) is 0 Å². The molecule has 2 aliphatic rings. The van der Waals surface area contributed by atoms with Crippen molar-refractivity contribution in [2.24, 2.45) is 5.92 Å². The fourth-order valence-corrected chi connectivity index (χ4v) is 5.66. The van der Waals surface area contributed by atoms with Gasteiger partial charge in [-0.15, -0.1) is 0 Å². The fourth-order valence-electron chi connectivity index (χ4n) is 5.03. The zero-order valence-electron chi connectivity index (χ0n) is 16.6. The summed E-state index contributed by atoms with van der Waals surface area (Å²) in [5.74, 6) is -0.0799. The summed E-state index contributed by atoms with van der Waals surface area (Å²) in [6, 6.07) is 16.0. The van der Waals surface area contributed by atoms with Crippen molar-refractivity contribution in [2.75, 3.05) is 12.8 Å². The molecule has 154 valence electrons. The second kappa shape index (κ2) is 7.58. The summed E-state index contributed by atoms with van der Waals surface area (Å²) < 4.78 is 23.4. The first-order valence-corrected chi connectivity index (χ1v) is 12.1. The third kappa shape index (κ3) is 3.71. The Labute approximate surface area is 172 Å². The molecule has 29 heavy (non-hydrogen) atoms. The first-order valence-electron chi connectivity index (χ1n) is 10.2. The van der Waals surface area contributed by atoms with E-state index in [1.807, 2.05) is 35.2 Å². The quantitative estimate of drug-likeness (QED) is 0.837. The number of carbonyl (C=O) groups excluding carboxylic acids is 1. The van der Waals surface area contributed by atoms with Crippen LogP contribution in [0.2, 0.25) is 0 Å². The number of hydrogen-bond donors (Lipinski definition) is 1. The number of fused-ring (bicyclic) bond motifs is 1.